The van der Waals surface area contributed by atoms with Gasteiger partial charge in [0, 0.05) is 12.3 Å². The van der Waals surface area contributed by atoms with Crippen LogP contribution in [0, 0.1) is 17.8 Å². The molecule has 0 spiro atoms. The number of methoxy groups -OCH3 is 1. The molecule has 1 aliphatic rings. The van der Waals surface area contributed by atoms with Crippen molar-refractivity contribution in [2.75, 3.05) is 7.11 Å². The Balaban J connectivity index is 2.66. The maximum atomic E-state index is 14.1. The summed E-state index contributed by atoms with van der Waals surface area (Å²) in [6, 6.07) is 0. The van der Waals surface area contributed by atoms with E-state index in [1.54, 1.807) is 0 Å². The van der Waals surface area contributed by atoms with Crippen LogP contribution in [0.25, 0.3) is 0 Å². The standard InChI is InChI=1S/C11H15FO2/c1-3-4-5-8-11(12,9-6-7-9)10(13)14-2/h9H,3,6-8H2,1-2H3. The van der Waals surface area contributed by atoms with Gasteiger partial charge in [-0.25, -0.2) is 9.18 Å². The van der Waals surface area contributed by atoms with Crippen LogP contribution in [-0.4, -0.2) is 18.7 Å². The van der Waals surface area contributed by atoms with E-state index in [2.05, 4.69) is 16.6 Å². The molecule has 1 unspecified atom stereocenters. The molecule has 0 aromatic carbocycles. The molecular formula is C11H15FO2. The molecule has 78 valence electrons. The lowest BCUT2D eigenvalue weighted by Gasteiger charge is -2.19. The lowest BCUT2D eigenvalue weighted by molar-refractivity contribution is -0.156. The van der Waals surface area contributed by atoms with Crippen LogP contribution in [0.5, 0.6) is 0 Å². The second kappa shape index (κ2) is 4.45. The first-order valence-corrected chi connectivity index (χ1v) is 4.88. The molecule has 0 aromatic heterocycles. The topological polar surface area (TPSA) is 26.3 Å². The molecule has 1 rings (SSSR count). The summed E-state index contributed by atoms with van der Waals surface area (Å²) in [5.41, 5.74) is -1.86. The lowest BCUT2D eigenvalue weighted by Crippen LogP contribution is -2.37. The predicted octanol–water partition coefficient (Wildman–Crippen LogP) is 2.08. The first-order valence-electron chi connectivity index (χ1n) is 4.88. The minimum atomic E-state index is -1.86. The molecule has 0 aliphatic heterocycles. The summed E-state index contributed by atoms with van der Waals surface area (Å²) < 4.78 is 18.6. The maximum absolute atomic E-state index is 14.1. The average molecular weight is 198 g/mol. The molecule has 2 nitrogen and oxygen atoms in total. The van der Waals surface area contributed by atoms with Crippen LogP contribution in [0.1, 0.15) is 32.6 Å². The zero-order valence-electron chi connectivity index (χ0n) is 8.60. The van der Waals surface area contributed by atoms with Crippen molar-refractivity contribution < 1.29 is 13.9 Å². The van der Waals surface area contributed by atoms with E-state index in [4.69, 9.17) is 0 Å². The van der Waals surface area contributed by atoms with Gasteiger partial charge < -0.3 is 4.74 Å². The van der Waals surface area contributed by atoms with Crippen LogP contribution in [0.15, 0.2) is 0 Å². The molecule has 1 atom stereocenters. The van der Waals surface area contributed by atoms with Crippen molar-refractivity contribution in [1.29, 1.82) is 0 Å². The number of halogens is 1. The number of alkyl halides is 1. The van der Waals surface area contributed by atoms with E-state index < -0.39 is 11.6 Å². The van der Waals surface area contributed by atoms with E-state index in [0.29, 0.717) is 6.42 Å². The summed E-state index contributed by atoms with van der Waals surface area (Å²) in [6.45, 7) is 1.89. The third kappa shape index (κ3) is 2.25. The van der Waals surface area contributed by atoms with Crippen LogP contribution >= 0.6 is 0 Å². The van der Waals surface area contributed by atoms with Crippen molar-refractivity contribution in [3.8, 4) is 11.8 Å². The minimum Gasteiger partial charge on any atom is -0.467 e. The van der Waals surface area contributed by atoms with Crippen molar-refractivity contribution >= 4 is 5.97 Å². The average Bonchev–Trinajstić information content (AvgIpc) is 3.00. The van der Waals surface area contributed by atoms with Crippen LogP contribution in [0.4, 0.5) is 4.39 Å². The van der Waals surface area contributed by atoms with Crippen molar-refractivity contribution in [3.05, 3.63) is 0 Å². The molecule has 3 heteroatoms. The van der Waals surface area contributed by atoms with Crippen LogP contribution in [0.3, 0.4) is 0 Å². The summed E-state index contributed by atoms with van der Waals surface area (Å²) in [7, 11) is 1.21. The Morgan fingerprint density at radius 2 is 2.21 bits per heavy atom. The van der Waals surface area contributed by atoms with Gasteiger partial charge in [-0.1, -0.05) is 12.8 Å². The number of esters is 1. The molecule has 1 aliphatic carbocycles. The molecular weight excluding hydrogens is 183 g/mol. The highest BCUT2D eigenvalue weighted by molar-refractivity contribution is 5.80. The SMILES string of the molecule is CCC#CCC(F)(C(=O)OC)C1CC1. The van der Waals surface area contributed by atoms with Crippen molar-refractivity contribution in [1.82, 2.24) is 0 Å². The minimum absolute atomic E-state index is 0.0296. The fourth-order valence-electron chi connectivity index (χ4n) is 1.41. The van der Waals surface area contributed by atoms with Gasteiger partial charge in [0.25, 0.3) is 0 Å². The second-order valence-electron chi connectivity index (χ2n) is 3.51. The first kappa shape index (κ1) is 11.0. The van der Waals surface area contributed by atoms with E-state index in [-0.39, 0.29) is 12.3 Å². The highest BCUT2D eigenvalue weighted by Crippen LogP contribution is 2.44. The molecule has 0 aromatic rings. The van der Waals surface area contributed by atoms with E-state index >= 15 is 0 Å². The van der Waals surface area contributed by atoms with E-state index in [1.165, 1.54) is 7.11 Å². The third-order valence-corrected chi connectivity index (χ3v) is 2.40. The summed E-state index contributed by atoms with van der Waals surface area (Å²) in [4.78, 5) is 11.2. The summed E-state index contributed by atoms with van der Waals surface area (Å²) in [6.07, 6.45) is 2.18. The van der Waals surface area contributed by atoms with E-state index in [1.807, 2.05) is 6.92 Å². The zero-order chi connectivity index (χ0) is 10.6. The van der Waals surface area contributed by atoms with E-state index in [9.17, 15) is 9.18 Å². The van der Waals surface area contributed by atoms with Crippen molar-refractivity contribution in [2.45, 2.75) is 38.3 Å². The van der Waals surface area contributed by atoms with Gasteiger partial charge in [-0.3, -0.25) is 0 Å². The van der Waals surface area contributed by atoms with Gasteiger partial charge in [0.05, 0.1) is 13.5 Å². The largest absolute Gasteiger partial charge is 0.467 e. The summed E-state index contributed by atoms with van der Waals surface area (Å²) in [5.74, 6) is 4.50. The number of rotatable bonds is 3. The molecule has 1 saturated carbocycles. The molecule has 0 amide bonds. The van der Waals surface area contributed by atoms with Gasteiger partial charge in [0.2, 0.25) is 5.67 Å². The number of ether oxygens (including phenoxy) is 1. The number of carbonyl (C=O) groups excluding carboxylic acids is 1. The smallest absolute Gasteiger partial charge is 0.344 e. The lowest BCUT2D eigenvalue weighted by atomic mass is 9.96. The fraction of sp³-hybridized carbons (Fsp3) is 0.727. The Kier molecular flexibility index (Phi) is 3.51. The van der Waals surface area contributed by atoms with Crippen molar-refractivity contribution in [2.24, 2.45) is 5.92 Å². The van der Waals surface area contributed by atoms with Gasteiger partial charge in [0.1, 0.15) is 0 Å². The third-order valence-electron chi connectivity index (χ3n) is 2.40. The van der Waals surface area contributed by atoms with Gasteiger partial charge in [-0.05, 0) is 12.8 Å². The van der Waals surface area contributed by atoms with Gasteiger partial charge >= 0.3 is 5.97 Å². The Hall–Kier alpha value is -1.04. The summed E-state index contributed by atoms with van der Waals surface area (Å²) >= 11 is 0. The van der Waals surface area contributed by atoms with Crippen LogP contribution < -0.4 is 0 Å². The monoisotopic (exact) mass is 198 g/mol. The molecule has 0 heterocycles. The number of carbonyl (C=O) groups is 1. The molecule has 14 heavy (non-hydrogen) atoms. The fourth-order valence-corrected chi connectivity index (χ4v) is 1.41. The van der Waals surface area contributed by atoms with Gasteiger partial charge in [-0.2, -0.15) is 0 Å². The van der Waals surface area contributed by atoms with Crippen molar-refractivity contribution in [3.63, 3.8) is 0 Å². The summed E-state index contributed by atoms with van der Waals surface area (Å²) in [5, 5.41) is 0. The Bertz CT molecular complexity index is 273. The Morgan fingerprint density at radius 3 is 2.64 bits per heavy atom. The van der Waals surface area contributed by atoms with Gasteiger partial charge in [-0.15, -0.1) is 5.92 Å². The number of hydrogen-bond acceptors (Lipinski definition) is 2. The molecule has 0 radical (unpaired) electrons. The quantitative estimate of drug-likeness (QED) is 0.512. The number of hydrogen-bond donors (Lipinski definition) is 0. The van der Waals surface area contributed by atoms with Crippen LogP contribution in [0.2, 0.25) is 0 Å². The molecule has 0 saturated heterocycles. The molecule has 1 fully saturated rings. The van der Waals surface area contributed by atoms with E-state index in [0.717, 1.165) is 12.8 Å². The van der Waals surface area contributed by atoms with Crippen LogP contribution in [-0.2, 0) is 9.53 Å². The zero-order valence-corrected chi connectivity index (χ0v) is 8.60. The second-order valence-corrected chi connectivity index (χ2v) is 3.51. The highest BCUT2D eigenvalue weighted by atomic mass is 19.1. The highest BCUT2D eigenvalue weighted by Gasteiger charge is 2.52. The Morgan fingerprint density at radius 1 is 1.57 bits per heavy atom. The maximum Gasteiger partial charge on any atom is 0.344 e. The molecule has 0 bridgehead atoms. The molecule has 0 N–H and O–H groups in total. The predicted molar refractivity (Wildman–Crippen MR) is 51.3 cm³/mol. The first-order chi connectivity index (χ1) is 6.65. The normalized spacial score (nSPS) is 19.1. The Labute approximate surface area is 83.8 Å². The van der Waals surface area contributed by atoms with Gasteiger partial charge in [0.15, 0.2) is 0 Å².